The zero-order valence-corrected chi connectivity index (χ0v) is 46.1. The SMILES string of the molecule is CO[C@@H]1O[C@H](COCc2ccccc2)[C@@H](O[C@@H]2O[C@@H](C)[C@@H](OCc3ccccc3)[C@@H](OCc3ccccc3)[C@@H]2OCc2ccccc2)[C@H](O[C@@H]2O[C@H](COC(C)=O)[C@H](OC(C)=O)[C@H](OC(C)=O)[C@H]2OC(C)=O)[C@H]1N(C(C)=O)C(C)=O. The van der Waals surface area contributed by atoms with Gasteiger partial charge in [0.1, 0.15) is 55.4 Å². The van der Waals surface area contributed by atoms with Crippen LogP contribution in [0.5, 0.6) is 0 Å². The van der Waals surface area contributed by atoms with Crippen LogP contribution >= 0.6 is 0 Å². The topological polar surface area (TPSA) is 235 Å². The van der Waals surface area contributed by atoms with E-state index >= 15 is 0 Å². The molecule has 3 fully saturated rings. The Kier molecular flexibility index (Phi) is 22.8. The molecule has 4 aromatic rings. The first kappa shape index (κ1) is 61.1. The van der Waals surface area contributed by atoms with Crippen molar-refractivity contribution in [3.05, 3.63) is 144 Å². The van der Waals surface area contributed by atoms with Gasteiger partial charge in [-0.25, -0.2) is 0 Å². The van der Waals surface area contributed by atoms with Gasteiger partial charge in [-0.2, -0.15) is 0 Å². The molecule has 3 saturated heterocycles. The van der Waals surface area contributed by atoms with E-state index in [1.807, 2.05) is 121 Å². The van der Waals surface area contributed by atoms with E-state index in [1.165, 1.54) is 7.11 Å². The molecule has 0 aromatic heterocycles. The average Bonchev–Trinajstić information content (AvgIpc) is 3.42. The number of hydrogen-bond acceptors (Lipinski definition) is 20. The van der Waals surface area contributed by atoms with Crippen molar-refractivity contribution in [1.82, 2.24) is 4.90 Å². The van der Waals surface area contributed by atoms with Crippen molar-refractivity contribution in [2.45, 2.75) is 167 Å². The standard InChI is InChI=1S/C59H71NO20/c1-35-49(70-30-43-23-15-10-16-24-43)53(71-31-44-25-17-11-18-26-44)55(72-32-45-27-19-12-20-28-45)58(73-35)79-50-46(33-68-29-42-21-13-9-14-22-42)77-57(67-8)48(60(36(2)61)37(3)62)52(50)80-59-56(76-41(7)66)54(75-40(6)65)51(74-39(5)64)47(78-59)34-69-38(4)63/h9-28,35,46-59H,29-34H2,1-8H3/t35-,46+,47+,48+,49+,50+,51-,52+,53+,54-,55-,56+,57+,58-,59-/m0/s1. The largest absolute Gasteiger partial charge is 0.463 e. The maximum atomic E-state index is 13.9. The number of imide groups is 1. The van der Waals surface area contributed by atoms with Crippen LogP contribution in [0.1, 0.15) is 70.7 Å². The molecule has 0 unspecified atom stereocenters. The van der Waals surface area contributed by atoms with E-state index in [-0.39, 0.29) is 33.0 Å². The molecule has 4 aromatic carbocycles. The number of carbonyl (C=O) groups is 6. The lowest BCUT2D eigenvalue weighted by Crippen LogP contribution is -2.71. The van der Waals surface area contributed by atoms with Crippen molar-refractivity contribution in [1.29, 1.82) is 0 Å². The van der Waals surface area contributed by atoms with E-state index < -0.39 is 134 Å². The smallest absolute Gasteiger partial charge is 0.303 e. The van der Waals surface area contributed by atoms with Crippen LogP contribution in [0.4, 0.5) is 0 Å². The normalized spacial score (nSPS) is 28.4. The summed E-state index contributed by atoms with van der Waals surface area (Å²) in [4.78, 5) is 79.9. The van der Waals surface area contributed by atoms with E-state index in [0.29, 0.717) is 0 Å². The summed E-state index contributed by atoms with van der Waals surface area (Å²) >= 11 is 0. The van der Waals surface area contributed by atoms with Crippen LogP contribution in [-0.2, 0) is 122 Å². The van der Waals surface area contributed by atoms with Gasteiger partial charge < -0.3 is 66.3 Å². The summed E-state index contributed by atoms with van der Waals surface area (Å²) in [6.45, 7) is 8.08. The van der Waals surface area contributed by atoms with Crippen LogP contribution in [0.25, 0.3) is 0 Å². The molecule has 21 heteroatoms. The van der Waals surface area contributed by atoms with Gasteiger partial charge in [0.2, 0.25) is 11.8 Å². The van der Waals surface area contributed by atoms with Crippen LogP contribution in [-0.4, -0.2) is 153 Å². The molecule has 0 radical (unpaired) electrons. The Morgan fingerprint density at radius 1 is 0.425 bits per heavy atom. The number of rotatable bonds is 24. The summed E-state index contributed by atoms with van der Waals surface area (Å²) in [5.74, 6) is -4.94. The van der Waals surface area contributed by atoms with Gasteiger partial charge in [0.25, 0.3) is 0 Å². The van der Waals surface area contributed by atoms with Crippen molar-refractivity contribution in [2.75, 3.05) is 20.3 Å². The highest BCUT2D eigenvalue weighted by atomic mass is 16.8. The molecular formula is C59H71NO20. The third-order valence-electron chi connectivity index (χ3n) is 13.3. The van der Waals surface area contributed by atoms with Gasteiger partial charge in [-0.05, 0) is 29.2 Å². The summed E-state index contributed by atoms with van der Waals surface area (Å²) in [5, 5.41) is 0. The molecule has 0 N–H and O–H groups in total. The Balaban J connectivity index is 1.39. The molecule has 2 amide bonds. The number of carbonyl (C=O) groups excluding carboxylic acids is 6. The molecule has 0 spiro atoms. The van der Waals surface area contributed by atoms with Crippen LogP contribution in [0.2, 0.25) is 0 Å². The average molecular weight is 1110 g/mol. The van der Waals surface area contributed by atoms with Gasteiger partial charge in [0.15, 0.2) is 37.2 Å². The molecule has 21 nitrogen and oxygen atoms in total. The Morgan fingerprint density at radius 2 is 0.838 bits per heavy atom. The summed E-state index contributed by atoms with van der Waals surface area (Å²) in [6, 6.07) is 36.3. The molecule has 0 saturated carbocycles. The second-order valence-corrected chi connectivity index (χ2v) is 19.4. The lowest BCUT2D eigenvalue weighted by molar-refractivity contribution is -0.382. The fourth-order valence-corrected chi connectivity index (χ4v) is 9.91. The van der Waals surface area contributed by atoms with Crippen LogP contribution in [0.3, 0.4) is 0 Å². The summed E-state index contributed by atoms with van der Waals surface area (Å²) in [6.07, 6.45) is -19.3. The quantitative estimate of drug-likeness (QED) is 0.0605. The Labute approximate surface area is 465 Å². The van der Waals surface area contributed by atoms with Gasteiger partial charge in [-0.15, -0.1) is 0 Å². The van der Waals surface area contributed by atoms with Crippen LogP contribution in [0, 0.1) is 0 Å². The number of nitrogens with zero attached hydrogens (tertiary/aromatic N) is 1. The highest BCUT2D eigenvalue weighted by molar-refractivity contribution is 5.93. The Morgan fingerprint density at radius 3 is 1.31 bits per heavy atom. The first-order valence-electron chi connectivity index (χ1n) is 26.3. The van der Waals surface area contributed by atoms with E-state index in [4.69, 9.17) is 66.3 Å². The molecule has 15 atom stereocenters. The first-order valence-corrected chi connectivity index (χ1v) is 26.3. The summed E-state index contributed by atoms with van der Waals surface area (Å²) in [5.41, 5.74) is 3.35. The summed E-state index contributed by atoms with van der Waals surface area (Å²) in [7, 11) is 1.30. The predicted molar refractivity (Wildman–Crippen MR) is 280 cm³/mol. The minimum absolute atomic E-state index is 0.0337. The Bertz CT molecular complexity index is 2600. The van der Waals surface area contributed by atoms with E-state index in [0.717, 1.165) is 68.7 Å². The zero-order valence-electron chi connectivity index (χ0n) is 46.1. The lowest BCUT2D eigenvalue weighted by Gasteiger charge is -2.52. The van der Waals surface area contributed by atoms with Crippen LogP contribution < -0.4 is 0 Å². The van der Waals surface area contributed by atoms with Crippen molar-refractivity contribution < 1.29 is 95.1 Å². The number of ether oxygens (including phenoxy) is 14. The van der Waals surface area contributed by atoms with Gasteiger partial charge >= 0.3 is 23.9 Å². The van der Waals surface area contributed by atoms with E-state index in [1.54, 1.807) is 6.92 Å². The monoisotopic (exact) mass is 1110 g/mol. The first-order chi connectivity index (χ1) is 38.5. The molecule has 80 heavy (non-hydrogen) atoms. The van der Waals surface area contributed by atoms with Crippen molar-refractivity contribution >= 4 is 35.7 Å². The Hall–Kier alpha value is -6.50. The third-order valence-corrected chi connectivity index (χ3v) is 13.3. The number of methoxy groups -OCH3 is 1. The maximum Gasteiger partial charge on any atom is 0.303 e. The van der Waals surface area contributed by atoms with Crippen molar-refractivity contribution in [3.63, 3.8) is 0 Å². The van der Waals surface area contributed by atoms with Crippen LogP contribution in [0.15, 0.2) is 121 Å². The molecule has 0 bridgehead atoms. The zero-order chi connectivity index (χ0) is 57.3. The molecular weight excluding hydrogens is 1040 g/mol. The third kappa shape index (κ3) is 16.8. The number of amides is 2. The maximum absolute atomic E-state index is 13.9. The minimum Gasteiger partial charge on any atom is -0.463 e. The fourth-order valence-electron chi connectivity index (χ4n) is 9.91. The van der Waals surface area contributed by atoms with E-state index in [2.05, 4.69) is 0 Å². The molecule has 7 rings (SSSR count). The van der Waals surface area contributed by atoms with Gasteiger partial charge in [-0.3, -0.25) is 33.7 Å². The lowest BCUT2D eigenvalue weighted by atomic mass is 9.93. The molecule has 432 valence electrons. The number of benzene rings is 4. The fraction of sp³-hybridized carbons (Fsp3) is 0.492. The summed E-state index contributed by atoms with van der Waals surface area (Å²) < 4.78 is 90.0. The highest BCUT2D eigenvalue weighted by Gasteiger charge is 2.59. The molecule has 3 aliphatic heterocycles. The van der Waals surface area contributed by atoms with Crippen molar-refractivity contribution in [2.24, 2.45) is 0 Å². The second-order valence-electron chi connectivity index (χ2n) is 19.4. The van der Waals surface area contributed by atoms with E-state index in [9.17, 15) is 28.8 Å². The van der Waals surface area contributed by atoms with Gasteiger partial charge in [-0.1, -0.05) is 121 Å². The highest BCUT2D eigenvalue weighted by Crippen LogP contribution is 2.39. The van der Waals surface area contributed by atoms with Crippen molar-refractivity contribution in [3.8, 4) is 0 Å². The molecule has 0 aliphatic carbocycles. The van der Waals surface area contributed by atoms with Gasteiger partial charge in [0, 0.05) is 48.7 Å². The number of hydrogen-bond donors (Lipinski definition) is 0. The molecule has 3 aliphatic rings. The number of esters is 4. The minimum atomic E-state index is -1.87. The molecule has 3 heterocycles. The predicted octanol–water partition coefficient (Wildman–Crippen LogP) is 5.69. The van der Waals surface area contributed by atoms with Gasteiger partial charge in [0.05, 0.1) is 39.1 Å². The second kappa shape index (κ2) is 29.8.